The molecule has 1 saturated heterocycles. The van der Waals surface area contributed by atoms with Crippen molar-refractivity contribution in [1.29, 1.82) is 0 Å². The minimum Gasteiger partial charge on any atom is -0.497 e. The molecule has 3 aromatic carbocycles. The predicted molar refractivity (Wildman–Crippen MR) is 139 cm³/mol. The average molecular weight is 508 g/mol. The Morgan fingerprint density at radius 1 is 1.08 bits per heavy atom. The molecule has 1 aliphatic heterocycles. The number of methoxy groups -OCH3 is 1. The van der Waals surface area contributed by atoms with Crippen molar-refractivity contribution in [3.8, 4) is 11.5 Å². The summed E-state index contributed by atoms with van der Waals surface area (Å²) in [5, 5.41) is 2.48. The fraction of sp³-hybridized carbons (Fsp3) is 0.222. The second-order valence-corrected chi connectivity index (χ2v) is 9.11. The highest BCUT2D eigenvalue weighted by molar-refractivity contribution is 8.15. The summed E-state index contributed by atoms with van der Waals surface area (Å²) in [4.78, 5) is 32.1. The number of ether oxygens (including phenoxy) is 2. The average Bonchev–Trinajstić information content (AvgIpc) is 3.15. The fourth-order valence-corrected chi connectivity index (χ4v) is 4.79. The van der Waals surface area contributed by atoms with Gasteiger partial charge in [-0.15, -0.1) is 0 Å². The van der Waals surface area contributed by atoms with E-state index in [0.717, 1.165) is 17.3 Å². The first kappa shape index (κ1) is 25.2. The number of carbonyl (C=O) groups excluding carboxylic acids is 2. The second kappa shape index (κ2) is 11.7. The van der Waals surface area contributed by atoms with Gasteiger partial charge in [0.05, 0.1) is 20.3 Å². The first-order chi connectivity index (χ1) is 17.5. The normalized spacial score (nSPS) is 16.3. The number of amides is 2. The molecule has 0 spiro atoms. The van der Waals surface area contributed by atoms with Crippen LogP contribution in [0.2, 0.25) is 0 Å². The van der Waals surface area contributed by atoms with E-state index in [4.69, 9.17) is 9.47 Å². The zero-order chi connectivity index (χ0) is 25.5. The number of para-hydroxylation sites is 1. The van der Waals surface area contributed by atoms with E-state index in [-0.39, 0.29) is 30.5 Å². The molecule has 1 aliphatic rings. The number of nitrogens with zero attached hydrogens (tertiary/aromatic N) is 2. The van der Waals surface area contributed by atoms with Crippen LogP contribution in [0.4, 0.5) is 15.8 Å². The molecule has 0 aliphatic carbocycles. The Balaban J connectivity index is 1.53. The summed E-state index contributed by atoms with van der Waals surface area (Å²) in [6.07, 6.45) is -0.0578. The van der Waals surface area contributed by atoms with Crippen molar-refractivity contribution in [1.82, 2.24) is 4.90 Å². The molecule has 3 aromatic rings. The lowest BCUT2D eigenvalue weighted by molar-refractivity contribution is -0.128. The molecule has 7 nitrogen and oxygen atoms in total. The van der Waals surface area contributed by atoms with Crippen molar-refractivity contribution >= 4 is 40.1 Å². The van der Waals surface area contributed by atoms with Crippen LogP contribution >= 0.6 is 11.8 Å². The van der Waals surface area contributed by atoms with Gasteiger partial charge < -0.3 is 14.8 Å². The Hall–Kier alpha value is -3.85. The third-order valence-corrected chi connectivity index (χ3v) is 6.56. The maximum atomic E-state index is 14.3. The van der Waals surface area contributed by atoms with E-state index in [0.29, 0.717) is 29.0 Å². The number of hydrogen-bond acceptors (Lipinski definition) is 6. The van der Waals surface area contributed by atoms with Crippen LogP contribution < -0.4 is 14.8 Å². The molecule has 4 rings (SSSR count). The smallest absolute Gasteiger partial charge is 0.242 e. The molecule has 1 N–H and O–H groups in total. The molecular weight excluding hydrogens is 481 g/mol. The standard InChI is InChI=1S/C27H26FN3O4S/c1-3-35-21-8-6-7-19(15-21)29-25(32)16-24-26(33)31(17-18-11-13-20(34-2)14-12-18)27(36-24)30-23-10-5-4-9-22(23)28/h4-15,24H,3,16-17H2,1-2H3,(H,29,32). The number of amidine groups is 1. The number of thioether (sulfide) groups is 1. The van der Waals surface area contributed by atoms with E-state index in [1.54, 1.807) is 61.7 Å². The van der Waals surface area contributed by atoms with Crippen LogP contribution in [0.1, 0.15) is 18.9 Å². The maximum Gasteiger partial charge on any atom is 0.242 e. The van der Waals surface area contributed by atoms with Crippen molar-refractivity contribution in [2.75, 3.05) is 19.0 Å². The first-order valence-corrected chi connectivity index (χ1v) is 12.3. The molecular formula is C27H26FN3O4S. The summed E-state index contributed by atoms with van der Waals surface area (Å²) in [6, 6.07) is 20.5. The van der Waals surface area contributed by atoms with Crippen LogP contribution in [-0.4, -0.2) is 40.8 Å². The molecule has 9 heteroatoms. The number of rotatable bonds is 9. The number of hydrogen-bond donors (Lipinski definition) is 1. The summed E-state index contributed by atoms with van der Waals surface area (Å²) in [7, 11) is 1.58. The third-order valence-electron chi connectivity index (χ3n) is 5.39. The van der Waals surface area contributed by atoms with Crippen molar-refractivity contribution < 1.29 is 23.5 Å². The minimum atomic E-state index is -0.691. The molecule has 186 valence electrons. The zero-order valence-electron chi connectivity index (χ0n) is 19.9. The van der Waals surface area contributed by atoms with Gasteiger partial charge in [-0.2, -0.15) is 0 Å². The Morgan fingerprint density at radius 2 is 1.86 bits per heavy atom. The molecule has 0 bridgehead atoms. The highest BCUT2D eigenvalue weighted by Gasteiger charge is 2.39. The zero-order valence-corrected chi connectivity index (χ0v) is 20.8. The Kier molecular flexibility index (Phi) is 8.22. The molecule has 0 radical (unpaired) electrons. The predicted octanol–water partition coefficient (Wildman–Crippen LogP) is 5.39. The van der Waals surface area contributed by atoms with Crippen LogP contribution in [-0.2, 0) is 16.1 Å². The molecule has 2 amide bonds. The van der Waals surface area contributed by atoms with E-state index in [1.807, 2.05) is 19.1 Å². The van der Waals surface area contributed by atoms with Gasteiger partial charge in [0.15, 0.2) is 5.17 Å². The van der Waals surface area contributed by atoms with Crippen molar-refractivity contribution in [3.05, 3.63) is 84.2 Å². The van der Waals surface area contributed by atoms with E-state index in [2.05, 4.69) is 10.3 Å². The fourth-order valence-electron chi connectivity index (χ4n) is 3.64. The third kappa shape index (κ3) is 6.23. The van der Waals surface area contributed by atoms with Gasteiger partial charge >= 0.3 is 0 Å². The van der Waals surface area contributed by atoms with Gasteiger partial charge in [-0.1, -0.05) is 42.1 Å². The van der Waals surface area contributed by atoms with E-state index < -0.39 is 11.1 Å². The molecule has 1 heterocycles. The molecule has 0 aromatic heterocycles. The summed E-state index contributed by atoms with van der Waals surface area (Å²) >= 11 is 1.16. The summed E-state index contributed by atoms with van der Waals surface area (Å²) in [5.41, 5.74) is 1.56. The van der Waals surface area contributed by atoms with Crippen LogP contribution in [0, 0.1) is 5.82 Å². The molecule has 1 unspecified atom stereocenters. The minimum absolute atomic E-state index is 0.0578. The van der Waals surface area contributed by atoms with Crippen molar-refractivity contribution in [2.24, 2.45) is 4.99 Å². The van der Waals surface area contributed by atoms with Gasteiger partial charge in [-0.3, -0.25) is 14.5 Å². The lowest BCUT2D eigenvalue weighted by Crippen LogP contribution is -2.33. The van der Waals surface area contributed by atoms with Gasteiger partial charge in [0.2, 0.25) is 11.8 Å². The Labute approximate surface area is 213 Å². The number of aliphatic imine (C=N–C) groups is 1. The van der Waals surface area contributed by atoms with Gasteiger partial charge in [0.25, 0.3) is 0 Å². The van der Waals surface area contributed by atoms with Crippen molar-refractivity contribution in [2.45, 2.75) is 25.1 Å². The maximum absolute atomic E-state index is 14.3. The number of halogens is 1. The highest BCUT2D eigenvalue weighted by Crippen LogP contribution is 2.34. The lowest BCUT2D eigenvalue weighted by Gasteiger charge is -2.17. The SMILES string of the molecule is CCOc1cccc(NC(=O)CC2SC(=Nc3ccccc3F)N(Cc3ccc(OC)cc3)C2=O)c1. The molecule has 1 atom stereocenters. The monoisotopic (exact) mass is 507 g/mol. The van der Waals surface area contributed by atoms with Crippen LogP contribution in [0.15, 0.2) is 77.8 Å². The number of anilines is 1. The summed E-state index contributed by atoms with van der Waals surface area (Å²) in [6.45, 7) is 2.63. The molecule has 0 saturated carbocycles. The van der Waals surface area contributed by atoms with Crippen molar-refractivity contribution in [3.63, 3.8) is 0 Å². The van der Waals surface area contributed by atoms with Gasteiger partial charge in [0.1, 0.15) is 28.3 Å². The first-order valence-electron chi connectivity index (χ1n) is 11.4. The van der Waals surface area contributed by atoms with Crippen LogP contribution in [0.5, 0.6) is 11.5 Å². The van der Waals surface area contributed by atoms with Crippen LogP contribution in [0.25, 0.3) is 0 Å². The number of carbonyl (C=O) groups is 2. The topological polar surface area (TPSA) is 80.2 Å². The second-order valence-electron chi connectivity index (χ2n) is 7.94. The quantitative estimate of drug-likeness (QED) is 0.420. The van der Waals surface area contributed by atoms with E-state index >= 15 is 0 Å². The van der Waals surface area contributed by atoms with Gasteiger partial charge in [-0.05, 0) is 48.9 Å². The van der Waals surface area contributed by atoms with Gasteiger partial charge in [0, 0.05) is 18.2 Å². The number of benzene rings is 3. The Morgan fingerprint density at radius 3 is 2.58 bits per heavy atom. The lowest BCUT2D eigenvalue weighted by atomic mass is 10.2. The largest absolute Gasteiger partial charge is 0.497 e. The van der Waals surface area contributed by atoms with E-state index in [9.17, 15) is 14.0 Å². The summed E-state index contributed by atoms with van der Waals surface area (Å²) in [5.74, 6) is 0.281. The summed E-state index contributed by atoms with van der Waals surface area (Å²) < 4.78 is 25.0. The number of nitrogens with one attached hydrogen (secondary N) is 1. The highest BCUT2D eigenvalue weighted by atomic mass is 32.2. The van der Waals surface area contributed by atoms with Gasteiger partial charge in [-0.25, -0.2) is 9.38 Å². The molecule has 36 heavy (non-hydrogen) atoms. The van der Waals surface area contributed by atoms with Crippen LogP contribution in [0.3, 0.4) is 0 Å². The van der Waals surface area contributed by atoms with E-state index in [1.165, 1.54) is 11.0 Å². The molecule has 1 fully saturated rings. The Bertz CT molecular complexity index is 1270.